The van der Waals surface area contributed by atoms with Crippen LogP contribution in [-0.4, -0.2) is 47.1 Å². The predicted molar refractivity (Wildman–Crippen MR) is 71.8 cm³/mol. The van der Waals surface area contributed by atoms with Crippen LogP contribution < -0.4 is 5.32 Å². The molecule has 0 aromatic carbocycles. The van der Waals surface area contributed by atoms with E-state index in [1.54, 1.807) is 4.90 Å². The van der Waals surface area contributed by atoms with Gasteiger partial charge in [-0.15, -0.1) is 0 Å². The van der Waals surface area contributed by atoms with E-state index in [1.807, 2.05) is 0 Å². The van der Waals surface area contributed by atoms with Crippen molar-refractivity contribution in [3.63, 3.8) is 0 Å². The van der Waals surface area contributed by atoms with Crippen LogP contribution in [0.25, 0.3) is 0 Å². The minimum atomic E-state index is -0.776. The van der Waals surface area contributed by atoms with Crippen LogP contribution in [0.4, 0.5) is 0 Å². The number of nitrogens with one attached hydrogen (secondary N) is 1. The Hall–Kier alpha value is -1.10. The Morgan fingerprint density at radius 2 is 2.21 bits per heavy atom. The zero-order valence-corrected chi connectivity index (χ0v) is 11.7. The summed E-state index contributed by atoms with van der Waals surface area (Å²) in [5.74, 6) is -1.04. The van der Waals surface area contributed by atoms with Crippen molar-refractivity contribution in [3.05, 3.63) is 0 Å². The number of hydrogen-bond acceptors (Lipinski definition) is 3. The summed E-state index contributed by atoms with van der Waals surface area (Å²) in [5, 5.41) is 12.5. The van der Waals surface area contributed by atoms with Gasteiger partial charge in [0.2, 0.25) is 5.91 Å². The topological polar surface area (TPSA) is 69.6 Å². The molecule has 5 nitrogen and oxygen atoms in total. The Kier molecular flexibility index (Phi) is 4.45. The summed E-state index contributed by atoms with van der Waals surface area (Å²) in [7, 11) is 0. The molecule has 0 radical (unpaired) electrons. The third-order valence-corrected chi connectivity index (χ3v) is 4.39. The first-order valence-electron chi connectivity index (χ1n) is 7.36. The Morgan fingerprint density at radius 1 is 1.42 bits per heavy atom. The van der Waals surface area contributed by atoms with Crippen LogP contribution in [-0.2, 0) is 9.59 Å². The van der Waals surface area contributed by atoms with E-state index >= 15 is 0 Å². The van der Waals surface area contributed by atoms with Crippen LogP contribution in [0.5, 0.6) is 0 Å². The number of nitrogens with zero attached hydrogens (tertiary/aromatic N) is 1. The summed E-state index contributed by atoms with van der Waals surface area (Å²) in [6, 6.07) is 0. The zero-order valence-electron chi connectivity index (χ0n) is 11.7. The molecule has 1 unspecified atom stereocenters. The fraction of sp³-hybridized carbons (Fsp3) is 0.857. The summed E-state index contributed by atoms with van der Waals surface area (Å²) in [4.78, 5) is 25.6. The second-order valence-electron chi connectivity index (χ2n) is 5.79. The number of likely N-dealkylation sites (tertiary alicyclic amines) is 1. The van der Waals surface area contributed by atoms with E-state index in [0.717, 1.165) is 38.6 Å². The standard InChI is InChI=1S/C14H24N2O3/c1-2-6-14(7-4-8-15-14)13(19)16-9-3-5-11(10-16)12(17)18/h11,15H,2-10H2,1H3,(H,17,18)/t11-,14?/m1/s1. The van der Waals surface area contributed by atoms with Gasteiger partial charge in [-0.2, -0.15) is 0 Å². The number of hydrogen-bond donors (Lipinski definition) is 2. The van der Waals surface area contributed by atoms with E-state index < -0.39 is 17.4 Å². The molecule has 0 aromatic heterocycles. The monoisotopic (exact) mass is 268 g/mol. The molecule has 0 bridgehead atoms. The largest absolute Gasteiger partial charge is 0.481 e. The van der Waals surface area contributed by atoms with E-state index in [4.69, 9.17) is 5.11 Å². The van der Waals surface area contributed by atoms with Crippen molar-refractivity contribution < 1.29 is 14.7 Å². The maximum Gasteiger partial charge on any atom is 0.308 e. The first kappa shape index (κ1) is 14.3. The zero-order chi connectivity index (χ0) is 13.9. The Balaban J connectivity index is 2.07. The van der Waals surface area contributed by atoms with Gasteiger partial charge in [-0.3, -0.25) is 9.59 Å². The van der Waals surface area contributed by atoms with Crippen LogP contribution in [0.1, 0.15) is 45.4 Å². The summed E-state index contributed by atoms with van der Waals surface area (Å²) in [5.41, 5.74) is -0.421. The smallest absolute Gasteiger partial charge is 0.308 e. The Bertz CT molecular complexity index is 351. The normalized spacial score (nSPS) is 31.4. The first-order chi connectivity index (χ1) is 9.09. The highest BCUT2D eigenvalue weighted by molar-refractivity contribution is 5.87. The lowest BCUT2D eigenvalue weighted by molar-refractivity contribution is -0.147. The number of rotatable bonds is 4. The molecule has 0 spiro atoms. The van der Waals surface area contributed by atoms with Crippen molar-refractivity contribution in [2.45, 2.75) is 51.0 Å². The van der Waals surface area contributed by atoms with Gasteiger partial charge in [-0.1, -0.05) is 13.3 Å². The number of carboxylic acid groups (broad SMARTS) is 1. The fourth-order valence-electron chi connectivity index (χ4n) is 3.40. The number of carbonyl (C=O) groups is 2. The van der Waals surface area contributed by atoms with E-state index in [0.29, 0.717) is 19.5 Å². The van der Waals surface area contributed by atoms with Gasteiger partial charge in [0.05, 0.1) is 11.5 Å². The Labute approximate surface area is 114 Å². The van der Waals surface area contributed by atoms with E-state index in [9.17, 15) is 9.59 Å². The third kappa shape index (κ3) is 2.91. The van der Waals surface area contributed by atoms with Crippen molar-refractivity contribution in [3.8, 4) is 0 Å². The molecule has 2 rings (SSSR count). The van der Waals surface area contributed by atoms with Crippen molar-refractivity contribution in [1.82, 2.24) is 10.2 Å². The molecule has 2 aliphatic heterocycles. The predicted octanol–water partition coefficient (Wildman–Crippen LogP) is 1.23. The highest BCUT2D eigenvalue weighted by atomic mass is 16.4. The van der Waals surface area contributed by atoms with Crippen molar-refractivity contribution >= 4 is 11.9 Å². The maximum absolute atomic E-state index is 12.8. The number of amides is 1. The SMILES string of the molecule is CCCC1(C(=O)N2CCC[C@@H](C(=O)O)C2)CCCN1. The molecule has 2 saturated heterocycles. The van der Waals surface area contributed by atoms with Crippen LogP contribution in [0.15, 0.2) is 0 Å². The lowest BCUT2D eigenvalue weighted by Crippen LogP contribution is -2.57. The van der Waals surface area contributed by atoms with Crippen LogP contribution >= 0.6 is 0 Å². The molecule has 2 heterocycles. The van der Waals surface area contributed by atoms with Gasteiger partial charge in [0.15, 0.2) is 0 Å². The Morgan fingerprint density at radius 3 is 2.79 bits per heavy atom. The van der Waals surface area contributed by atoms with Gasteiger partial charge in [0, 0.05) is 13.1 Å². The maximum atomic E-state index is 12.8. The quantitative estimate of drug-likeness (QED) is 0.804. The molecular formula is C14H24N2O3. The molecule has 0 saturated carbocycles. The molecule has 5 heteroatoms. The van der Waals surface area contributed by atoms with Crippen molar-refractivity contribution in [2.24, 2.45) is 5.92 Å². The molecule has 19 heavy (non-hydrogen) atoms. The highest BCUT2D eigenvalue weighted by Crippen LogP contribution is 2.29. The van der Waals surface area contributed by atoms with Gasteiger partial charge in [-0.05, 0) is 38.6 Å². The highest BCUT2D eigenvalue weighted by Gasteiger charge is 2.43. The molecular weight excluding hydrogens is 244 g/mol. The van der Waals surface area contributed by atoms with Gasteiger partial charge < -0.3 is 15.3 Å². The van der Waals surface area contributed by atoms with Crippen LogP contribution in [0, 0.1) is 5.92 Å². The molecule has 0 aliphatic carbocycles. The molecule has 2 aliphatic rings. The van der Waals surface area contributed by atoms with Crippen LogP contribution in [0.3, 0.4) is 0 Å². The summed E-state index contributed by atoms with van der Waals surface area (Å²) >= 11 is 0. The van der Waals surface area contributed by atoms with E-state index in [-0.39, 0.29) is 5.91 Å². The summed E-state index contributed by atoms with van der Waals surface area (Å²) < 4.78 is 0. The minimum absolute atomic E-state index is 0.123. The lowest BCUT2D eigenvalue weighted by Gasteiger charge is -2.38. The number of carboxylic acids is 1. The second-order valence-corrected chi connectivity index (χ2v) is 5.79. The molecule has 2 fully saturated rings. The van der Waals surface area contributed by atoms with Crippen molar-refractivity contribution in [2.75, 3.05) is 19.6 Å². The lowest BCUT2D eigenvalue weighted by atomic mass is 9.88. The van der Waals surface area contributed by atoms with Gasteiger partial charge in [0.1, 0.15) is 0 Å². The van der Waals surface area contributed by atoms with Gasteiger partial charge >= 0.3 is 5.97 Å². The number of piperidine rings is 1. The van der Waals surface area contributed by atoms with Crippen LogP contribution in [0.2, 0.25) is 0 Å². The molecule has 0 aromatic rings. The number of aliphatic carboxylic acids is 1. The minimum Gasteiger partial charge on any atom is -0.481 e. The summed E-state index contributed by atoms with van der Waals surface area (Å²) in [6.07, 6.45) is 5.21. The summed E-state index contributed by atoms with van der Waals surface area (Å²) in [6.45, 7) is 4.06. The molecule has 1 amide bonds. The van der Waals surface area contributed by atoms with Gasteiger partial charge in [-0.25, -0.2) is 0 Å². The average Bonchev–Trinajstić information content (AvgIpc) is 2.88. The van der Waals surface area contributed by atoms with E-state index in [2.05, 4.69) is 12.2 Å². The third-order valence-electron chi connectivity index (χ3n) is 4.39. The molecule has 2 atom stereocenters. The van der Waals surface area contributed by atoms with Crippen molar-refractivity contribution in [1.29, 1.82) is 0 Å². The average molecular weight is 268 g/mol. The van der Waals surface area contributed by atoms with Gasteiger partial charge in [0.25, 0.3) is 0 Å². The molecule has 2 N–H and O–H groups in total. The van der Waals surface area contributed by atoms with E-state index in [1.165, 1.54) is 0 Å². The number of carbonyl (C=O) groups excluding carboxylic acids is 1. The second kappa shape index (κ2) is 5.90. The fourth-order valence-corrected chi connectivity index (χ4v) is 3.40. The molecule has 108 valence electrons. The first-order valence-corrected chi connectivity index (χ1v) is 7.36.